The third-order valence-electron chi connectivity index (χ3n) is 3.84. The van der Waals surface area contributed by atoms with Gasteiger partial charge in [0.05, 0.1) is 0 Å². The largest absolute Gasteiger partial charge is 0.358 e. The molecule has 0 unspecified atom stereocenters. The van der Waals surface area contributed by atoms with Gasteiger partial charge in [0.15, 0.2) is 5.11 Å². The van der Waals surface area contributed by atoms with Crippen molar-refractivity contribution in [3.05, 3.63) is 29.3 Å². The van der Waals surface area contributed by atoms with Crippen molar-refractivity contribution >= 4 is 23.0 Å². The zero-order valence-corrected chi connectivity index (χ0v) is 15.0. The first-order valence-electron chi connectivity index (χ1n) is 8.13. The number of hydrogen-bond acceptors (Lipinski definition) is 1. The van der Waals surface area contributed by atoms with Crippen LogP contribution < -0.4 is 10.6 Å². The van der Waals surface area contributed by atoms with Crippen LogP contribution in [0.3, 0.4) is 0 Å². The van der Waals surface area contributed by atoms with Gasteiger partial charge in [-0.25, -0.2) is 0 Å². The molecule has 2 N–H and O–H groups in total. The normalized spacial score (nSPS) is 11.3. The predicted octanol–water partition coefficient (Wildman–Crippen LogP) is 5.07. The van der Waals surface area contributed by atoms with Crippen molar-refractivity contribution in [2.45, 2.75) is 72.3 Å². The Bertz CT molecular complexity index is 444. The number of benzene rings is 1. The summed E-state index contributed by atoms with van der Waals surface area (Å²) in [5.41, 5.74) is 3.87. The van der Waals surface area contributed by atoms with E-state index in [1.54, 1.807) is 0 Å². The molecule has 0 spiro atoms. The van der Waals surface area contributed by atoms with Crippen LogP contribution in [-0.4, -0.2) is 10.7 Å². The minimum Gasteiger partial charge on any atom is -0.358 e. The first-order chi connectivity index (χ1) is 9.93. The Morgan fingerprint density at radius 3 is 2.14 bits per heavy atom. The fourth-order valence-corrected chi connectivity index (χ4v) is 2.91. The van der Waals surface area contributed by atoms with Crippen LogP contribution in [0.2, 0.25) is 0 Å². The SMILES string of the molecule is CCCCC(C)(C)NC(=S)Nc1c(CC)cccc1CC. The number of rotatable bonds is 7. The molecule has 1 aromatic carbocycles. The summed E-state index contributed by atoms with van der Waals surface area (Å²) < 4.78 is 0. The Morgan fingerprint density at radius 1 is 1.10 bits per heavy atom. The molecule has 2 nitrogen and oxygen atoms in total. The Balaban J connectivity index is 2.79. The van der Waals surface area contributed by atoms with Crippen molar-refractivity contribution in [1.82, 2.24) is 5.32 Å². The summed E-state index contributed by atoms with van der Waals surface area (Å²) in [5.74, 6) is 0. The summed E-state index contributed by atoms with van der Waals surface area (Å²) in [6.45, 7) is 11.0. The molecule has 0 aliphatic carbocycles. The second kappa shape index (κ2) is 8.38. The molecule has 0 amide bonds. The lowest BCUT2D eigenvalue weighted by molar-refractivity contribution is 0.411. The lowest BCUT2D eigenvalue weighted by Gasteiger charge is -2.28. The van der Waals surface area contributed by atoms with Crippen LogP contribution in [0.15, 0.2) is 18.2 Å². The molecular weight excluding hydrogens is 276 g/mol. The fraction of sp³-hybridized carbons (Fsp3) is 0.611. The summed E-state index contributed by atoms with van der Waals surface area (Å²) in [6, 6.07) is 6.48. The van der Waals surface area contributed by atoms with Crippen LogP contribution in [0.4, 0.5) is 5.69 Å². The van der Waals surface area contributed by atoms with E-state index in [9.17, 15) is 0 Å². The lowest BCUT2D eigenvalue weighted by atomic mass is 9.98. The zero-order valence-electron chi connectivity index (χ0n) is 14.2. The molecule has 21 heavy (non-hydrogen) atoms. The highest BCUT2D eigenvalue weighted by molar-refractivity contribution is 7.80. The van der Waals surface area contributed by atoms with Gasteiger partial charge >= 0.3 is 0 Å². The van der Waals surface area contributed by atoms with Crippen LogP contribution in [-0.2, 0) is 12.8 Å². The van der Waals surface area contributed by atoms with Crippen LogP contribution in [0, 0.1) is 0 Å². The molecule has 0 radical (unpaired) electrons. The molecule has 3 heteroatoms. The number of nitrogens with one attached hydrogen (secondary N) is 2. The topological polar surface area (TPSA) is 24.1 Å². The third kappa shape index (κ3) is 5.66. The van der Waals surface area contributed by atoms with Gasteiger partial charge in [-0.3, -0.25) is 0 Å². The second-order valence-corrected chi connectivity index (χ2v) is 6.63. The van der Waals surface area contributed by atoms with Gasteiger partial charge in [-0.15, -0.1) is 0 Å². The van der Waals surface area contributed by atoms with E-state index < -0.39 is 0 Å². The van der Waals surface area contributed by atoms with E-state index in [4.69, 9.17) is 12.2 Å². The van der Waals surface area contributed by atoms with Crippen molar-refractivity contribution in [2.75, 3.05) is 5.32 Å². The van der Waals surface area contributed by atoms with E-state index >= 15 is 0 Å². The molecule has 0 aromatic heterocycles. The predicted molar refractivity (Wildman–Crippen MR) is 98.2 cm³/mol. The summed E-state index contributed by atoms with van der Waals surface area (Å²) in [5, 5.41) is 7.62. The van der Waals surface area contributed by atoms with Crippen molar-refractivity contribution < 1.29 is 0 Å². The molecule has 1 aromatic rings. The minimum atomic E-state index is 0.0353. The van der Waals surface area contributed by atoms with Gasteiger partial charge < -0.3 is 10.6 Å². The molecule has 0 fully saturated rings. The van der Waals surface area contributed by atoms with Crippen molar-refractivity contribution in [1.29, 1.82) is 0 Å². The highest BCUT2D eigenvalue weighted by Gasteiger charge is 2.18. The van der Waals surface area contributed by atoms with E-state index in [1.165, 1.54) is 29.7 Å². The van der Waals surface area contributed by atoms with E-state index in [-0.39, 0.29) is 5.54 Å². The van der Waals surface area contributed by atoms with Gasteiger partial charge in [0.2, 0.25) is 0 Å². The number of thiocarbonyl (C=S) groups is 1. The molecule has 118 valence electrons. The van der Waals surface area contributed by atoms with Crippen molar-refractivity contribution in [3.8, 4) is 0 Å². The van der Waals surface area contributed by atoms with Gasteiger partial charge in [0.25, 0.3) is 0 Å². The maximum Gasteiger partial charge on any atom is 0.171 e. The average Bonchev–Trinajstić information content (AvgIpc) is 2.44. The van der Waals surface area contributed by atoms with E-state index in [2.05, 4.69) is 63.5 Å². The maximum absolute atomic E-state index is 5.53. The van der Waals surface area contributed by atoms with E-state index in [1.807, 2.05) is 0 Å². The number of unbranched alkanes of at least 4 members (excludes halogenated alkanes) is 1. The van der Waals surface area contributed by atoms with Crippen LogP contribution in [0.1, 0.15) is 65.0 Å². The first-order valence-corrected chi connectivity index (χ1v) is 8.54. The Hall–Kier alpha value is -1.09. The number of para-hydroxylation sites is 1. The summed E-state index contributed by atoms with van der Waals surface area (Å²) in [7, 11) is 0. The first kappa shape index (κ1) is 18.0. The molecular formula is C18H30N2S. The van der Waals surface area contributed by atoms with Crippen LogP contribution >= 0.6 is 12.2 Å². The minimum absolute atomic E-state index is 0.0353. The molecule has 0 aliphatic rings. The monoisotopic (exact) mass is 306 g/mol. The molecule has 0 saturated carbocycles. The van der Waals surface area contributed by atoms with Gasteiger partial charge in [-0.05, 0) is 56.5 Å². The standard InChI is InChI=1S/C18H30N2S/c1-6-9-13-18(4,5)20-17(21)19-16-14(7-2)11-10-12-15(16)8-3/h10-12H,6-9,13H2,1-5H3,(H2,19,20,21). The Kier molecular flexibility index (Phi) is 7.16. The summed E-state index contributed by atoms with van der Waals surface area (Å²) >= 11 is 5.53. The second-order valence-electron chi connectivity index (χ2n) is 6.22. The Labute approximate surface area is 135 Å². The maximum atomic E-state index is 5.53. The van der Waals surface area contributed by atoms with Gasteiger partial charge in [0.1, 0.15) is 0 Å². The molecule has 0 bridgehead atoms. The quantitative estimate of drug-likeness (QED) is 0.688. The zero-order chi connectivity index (χ0) is 15.9. The van der Waals surface area contributed by atoms with Crippen LogP contribution in [0.25, 0.3) is 0 Å². The third-order valence-corrected chi connectivity index (χ3v) is 4.05. The van der Waals surface area contributed by atoms with E-state index in [0.717, 1.165) is 24.4 Å². The van der Waals surface area contributed by atoms with Gasteiger partial charge in [0, 0.05) is 11.2 Å². The molecule has 0 aliphatic heterocycles. The van der Waals surface area contributed by atoms with Crippen LogP contribution in [0.5, 0.6) is 0 Å². The number of aryl methyl sites for hydroxylation is 2. The molecule has 1 rings (SSSR count). The van der Waals surface area contributed by atoms with Crippen molar-refractivity contribution in [2.24, 2.45) is 0 Å². The number of anilines is 1. The van der Waals surface area contributed by atoms with E-state index in [0.29, 0.717) is 0 Å². The highest BCUT2D eigenvalue weighted by Crippen LogP contribution is 2.23. The summed E-state index contributed by atoms with van der Waals surface area (Å²) in [4.78, 5) is 0. The van der Waals surface area contributed by atoms with Crippen molar-refractivity contribution in [3.63, 3.8) is 0 Å². The fourth-order valence-electron chi connectivity index (χ4n) is 2.54. The Morgan fingerprint density at radius 2 is 1.67 bits per heavy atom. The van der Waals surface area contributed by atoms with Gasteiger partial charge in [-0.1, -0.05) is 51.8 Å². The molecule has 0 saturated heterocycles. The number of hydrogen-bond donors (Lipinski definition) is 2. The molecule has 0 atom stereocenters. The smallest absolute Gasteiger partial charge is 0.171 e. The summed E-state index contributed by atoms with van der Waals surface area (Å²) in [6.07, 6.45) is 5.58. The highest BCUT2D eigenvalue weighted by atomic mass is 32.1. The van der Waals surface area contributed by atoms with Gasteiger partial charge in [-0.2, -0.15) is 0 Å². The lowest BCUT2D eigenvalue weighted by Crippen LogP contribution is -2.45. The molecule has 0 heterocycles. The average molecular weight is 307 g/mol.